The molecule has 1 aromatic carbocycles. The molecule has 0 spiro atoms. The van der Waals surface area contributed by atoms with Gasteiger partial charge in [-0.2, -0.15) is 0 Å². The summed E-state index contributed by atoms with van der Waals surface area (Å²) in [5.74, 6) is -1.32. The number of Topliss-reactive ketones (excluding diaryl/α,β-unsaturated/α-hetero) is 1. The number of carbonyl (C=O) groups excluding carboxylic acids is 3. The molecule has 0 unspecified atom stereocenters. The number of ketones is 1. The first-order valence-electron chi connectivity index (χ1n) is 8.23. The molecule has 0 bridgehead atoms. The lowest BCUT2D eigenvalue weighted by Crippen LogP contribution is -2.57. The summed E-state index contributed by atoms with van der Waals surface area (Å²) in [4.78, 5) is 37.8. The molecule has 0 radical (unpaired) electrons. The van der Waals surface area contributed by atoms with E-state index in [0.717, 1.165) is 4.47 Å². The molecule has 7 heteroatoms. The van der Waals surface area contributed by atoms with Crippen LogP contribution in [0.3, 0.4) is 0 Å². The highest BCUT2D eigenvalue weighted by Gasteiger charge is 2.65. The van der Waals surface area contributed by atoms with Gasteiger partial charge in [0.2, 0.25) is 0 Å². The van der Waals surface area contributed by atoms with E-state index in [1.807, 2.05) is 0 Å². The molecular formula is C19H20BrNO5. The number of rotatable bonds is 3. The lowest BCUT2D eigenvalue weighted by molar-refractivity contribution is -0.151. The Morgan fingerprint density at radius 1 is 1.27 bits per heavy atom. The van der Waals surface area contributed by atoms with Crippen molar-refractivity contribution in [2.45, 2.75) is 38.3 Å². The third-order valence-corrected chi connectivity index (χ3v) is 5.90. The average Bonchev–Trinajstić information content (AvgIpc) is 2.76. The van der Waals surface area contributed by atoms with Gasteiger partial charge in [0.15, 0.2) is 11.4 Å². The fraction of sp³-hybridized carbons (Fsp3) is 0.421. The van der Waals surface area contributed by atoms with E-state index in [1.54, 1.807) is 45.0 Å². The summed E-state index contributed by atoms with van der Waals surface area (Å²) < 4.78 is 11.9. The van der Waals surface area contributed by atoms with Crippen molar-refractivity contribution in [3.8, 4) is 0 Å². The Labute approximate surface area is 160 Å². The van der Waals surface area contributed by atoms with E-state index < -0.39 is 28.9 Å². The van der Waals surface area contributed by atoms with Gasteiger partial charge in [0, 0.05) is 27.9 Å². The van der Waals surface area contributed by atoms with E-state index in [2.05, 4.69) is 21.2 Å². The molecule has 6 nitrogen and oxygen atoms in total. The van der Waals surface area contributed by atoms with Gasteiger partial charge in [-0.25, -0.2) is 4.79 Å². The Balaban J connectivity index is 1.97. The van der Waals surface area contributed by atoms with Crippen LogP contribution in [-0.2, 0) is 19.1 Å². The van der Waals surface area contributed by atoms with E-state index in [4.69, 9.17) is 9.47 Å². The Hall–Kier alpha value is -2.15. The number of ether oxygens (including phenoxy) is 2. The number of hydrogen-bond donors (Lipinski definition) is 1. The van der Waals surface area contributed by atoms with Gasteiger partial charge in [-0.3, -0.25) is 9.59 Å². The molecule has 1 aliphatic heterocycles. The maximum absolute atomic E-state index is 12.7. The van der Waals surface area contributed by atoms with Crippen molar-refractivity contribution < 1.29 is 23.9 Å². The zero-order valence-corrected chi connectivity index (χ0v) is 16.6. The fourth-order valence-corrected chi connectivity index (χ4v) is 4.17. The number of allylic oxidation sites excluding steroid dienone is 1. The maximum Gasteiger partial charge on any atom is 0.333 e. The minimum Gasteiger partial charge on any atom is -0.496 e. The third kappa shape index (κ3) is 2.65. The van der Waals surface area contributed by atoms with Crippen LogP contribution in [0.5, 0.6) is 0 Å². The minimum atomic E-state index is -1.33. The molecule has 1 aliphatic carbocycles. The quantitative estimate of drug-likeness (QED) is 0.758. The van der Waals surface area contributed by atoms with Crippen LogP contribution in [-0.4, -0.2) is 35.9 Å². The highest BCUT2D eigenvalue weighted by Crippen LogP contribution is 2.50. The number of hydrogen-bond acceptors (Lipinski definition) is 5. The largest absolute Gasteiger partial charge is 0.496 e. The normalized spacial score (nSPS) is 30.7. The summed E-state index contributed by atoms with van der Waals surface area (Å²) >= 11 is 3.32. The van der Waals surface area contributed by atoms with E-state index >= 15 is 0 Å². The first-order valence-corrected chi connectivity index (χ1v) is 9.03. The second kappa shape index (κ2) is 6.23. The first kappa shape index (κ1) is 18.6. The van der Waals surface area contributed by atoms with E-state index in [1.165, 1.54) is 7.11 Å². The number of halogens is 1. The molecule has 2 aliphatic rings. The van der Waals surface area contributed by atoms with Crippen LogP contribution in [0.2, 0.25) is 0 Å². The van der Waals surface area contributed by atoms with Gasteiger partial charge < -0.3 is 14.8 Å². The van der Waals surface area contributed by atoms with Crippen LogP contribution in [0, 0.1) is 5.92 Å². The first-order chi connectivity index (χ1) is 12.1. The minimum absolute atomic E-state index is 0.0953. The van der Waals surface area contributed by atoms with Crippen molar-refractivity contribution in [3.05, 3.63) is 45.6 Å². The summed E-state index contributed by atoms with van der Waals surface area (Å²) in [5, 5.41) is 2.79. The summed E-state index contributed by atoms with van der Waals surface area (Å²) in [5.41, 5.74) is -1.57. The smallest absolute Gasteiger partial charge is 0.333 e. The van der Waals surface area contributed by atoms with Gasteiger partial charge in [0.05, 0.1) is 7.11 Å². The van der Waals surface area contributed by atoms with Crippen molar-refractivity contribution in [1.29, 1.82) is 0 Å². The summed E-state index contributed by atoms with van der Waals surface area (Å²) in [6, 6.07) is 6.79. The molecule has 0 saturated carbocycles. The Kier molecular flexibility index (Phi) is 4.46. The molecule has 1 aromatic rings. The standard InChI is InChI=1S/C19H20BrNO5/c1-10-13(22)9-14-18(2,17(24)26-19(14,3)15(10)25-4)21-16(23)11-5-7-12(20)8-6-11/h5-8,14H,9H2,1-4H3,(H,21,23)/t14-,18-,19+/m0/s1. The zero-order valence-electron chi connectivity index (χ0n) is 15.0. The van der Waals surface area contributed by atoms with Gasteiger partial charge in [0.25, 0.3) is 5.91 Å². The monoisotopic (exact) mass is 421 g/mol. The number of methoxy groups -OCH3 is 1. The number of esters is 1. The Morgan fingerprint density at radius 3 is 2.46 bits per heavy atom. The van der Waals surface area contributed by atoms with Crippen LogP contribution < -0.4 is 5.32 Å². The predicted molar refractivity (Wildman–Crippen MR) is 97.3 cm³/mol. The number of carbonyl (C=O) groups is 3. The second-order valence-electron chi connectivity index (χ2n) is 7.00. The molecule has 1 heterocycles. The predicted octanol–water partition coefficient (Wildman–Crippen LogP) is 2.76. The molecule has 0 aromatic heterocycles. The van der Waals surface area contributed by atoms with Gasteiger partial charge in [0.1, 0.15) is 11.3 Å². The van der Waals surface area contributed by atoms with E-state index in [0.29, 0.717) is 16.9 Å². The summed E-state index contributed by atoms with van der Waals surface area (Å²) in [6.45, 7) is 4.98. The van der Waals surface area contributed by atoms with Crippen LogP contribution in [0.25, 0.3) is 0 Å². The molecule has 3 atom stereocenters. The lowest BCUT2D eigenvalue weighted by Gasteiger charge is -2.39. The number of benzene rings is 1. The molecule has 138 valence electrons. The van der Waals surface area contributed by atoms with Crippen molar-refractivity contribution in [2.75, 3.05) is 7.11 Å². The number of fused-ring (bicyclic) bond motifs is 1. The molecule has 26 heavy (non-hydrogen) atoms. The second-order valence-corrected chi connectivity index (χ2v) is 7.91. The molecule has 1 saturated heterocycles. The SMILES string of the molecule is COC1=C(C)C(=O)C[C@@H]2[C@@]1(C)OC(=O)[C@@]2(C)NC(=O)c1ccc(Br)cc1. The van der Waals surface area contributed by atoms with E-state index in [-0.39, 0.29) is 12.2 Å². The molecule has 1 N–H and O–H groups in total. The molecular weight excluding hydrogens is 402 g/mol. The van der Waals surface area contributed by atoms with Gasteiger partial charge >= 0.3 is 5.97 Å². The molecule has 1 amide bonds. The number of nitrogens with one attached hydrogen (secondary N) is 1. The van der Waals surface area contributed by atoms with Gasteiger partial charge in [-0.05, 0) is 45.0 Å². The van der Waals surface area contributed by atoms with Crippen LogP contribution in [0.4, 0.5) is 0 Å². The summed E-state index contributed by atoms with van der Waals surface area (Å²) in [6.07, 6.45) is 0.0953. The van der Waals surface area contributed by atoms with Crippen LogP contribution in [0.15, 0.2) is 40.1 Å². The third-order valence-electron chi connectivity index (χ3n) is 5.37. The van der Waals surface area contributed by atoms with Gasteiger partial charge in [-0.15, -0.1) is 0 Å². The van der Waals surface area contributed by atoms with Crippen molar-refractivity contribution >= 4 is 33.6 Å². The Bertz CT molecular complexity index is 831. The lowest BCUT2D eigenvalue weighted by atomic mass is 9.69. The van der Waals surface area contributed by atoms with E-state index in [9.17, 15) is 14.4 Å². The molecule has 1 fully saturated rings. The fourth-order valence-electron chi connectivity index (χ4n) is 3.91. The average molecular weight is 422 g/mol. The Morgan fingerprint density at radius 2 is 1.88 bits per heavy atom. The highest BCUT2D eigenvalue weighted by atomic mass is 79.9. The zero-order chi connectivity index (χ0) is 19.3. The van der Waals surface area contributed by atoms with Crippen molar-refractivity contribution in [1.82, 2.24) is 5.32 Å². The topological polar surface area (TPSA) is 81.7 Å². The highest BCUT2D eigenvalue weighted by molar-refractivity contribution is 9.10. The van der Waals surface area contributed by atoms with Crippen LogP contribution in [0.1, 0.15) is 37.6 Å². The van der Waals surface area contributed by atoms with Crippen molar-refractivity contribution in [2.24, 2.45) is 5.92 Å². The molecule has 3 rings (SSSR count). The van der Waals surface area contributed by atoms with Gasteiger partial charge in [-0.1, -0.05) is 15.9 Å². The number of amides is 1. The maximum atomic E-state index is 12.7. The van der Waals surface area contributed by atoms with Crippen molar-refractivity contribution in [3.63, 3.8) is 0 Å². The van der Waals surface area contributed by atoms with Crippen LogP contribution >= 0.6 is 15.9 Å². The summed E-state index contributed by atoms with van der Waals surface area (Å²) in [7, 11) is 1.45.